The molecule has 2 aliphatic carbocycles. The lowest BCUT2D eigenvalue weighted by Gasteiger charge is -2.40. The fourth-order valence-corrected chi connectivity index (χ4v) is 4.33. The maximum absolute atomic E-state index is 13.4. The highest BCUT2D eigenvalue weighted by atomic mass is 19.3. The van der Waals surface area contributed by atoms with Crippen molar-refractivity contribution >= 4 is 11.5 Å². The van der Waals surface area contributed by atoms with Gasteiger partial charge < -0.3 is 14.2 Å². The van der Waals surface area contributed by atoms with Crippen LogP contribution in [-0.4, -0.2) is 46.5 Å². The number of pyridine rings is 1. The second kappa shape index (κ2) is 8.99. The molecule has 0 spiro atoms. The van der Waals surface area contributed by atoms with Crippen molar-refractivity contribution in [1.82, 2.24) is 15.1 Å². The molecular weight excluding hydrogens is 430 g/mol. The minimum absolute atomic E-state index is 0.0683. The van der Waals surface area contributed by atoms with Gasteiger partial charge in [-0.25, -0.2) is 13.8 Å². The molecular formula is C24H30F2N4O3. The smallest absolute Gasteiger partial charge is 0.282 e. The lowest BCUT2D eigenvalue weighted by atomic mass is 9.94. The fraction of sp³-hybridized carbons (Fsp3) is 0.667. The Bertz CT molecular complexity index is 995. The number of aryl methyl sites for hydroxylation is 1. The summed E-state index contributed by atoms with van der Waals surface area (Å²) in [5.74, 6) is 0.243. The molecule has 1 aliphatic heterocycles. The van der Waals surface area contributed by atoms with Crippen LogP contribution in [0.3, 0.4) is 0 Å². The topological polar surface area (TPSA) is 81.4 Å². The summed E-state index contributed by atoms with van der Waals surface area (Å²) >= 11 is 0. The standard InChI is InChI=1S/C24H30F2N4O3/c1-15-27-22(29-33-15)18(11-16-5-6-16)3-2-4-21(31)19-9-10-20(30-13-24(25,26)14-30)23(28-19)32-12-17-7-8-17/h9-10,16-18H,2-8,11-14H2,1H3. The molecule has 5 rings (SSSR count). The van der Waals surface area contributed by atoms with Crippen molar-refractivity contribution in [3.63, 3.8) is 0 Å². The molecule has 0 N–H and O–H groups in total. The number of rotatable bonds is 12. The highest BCUT2D eigenvalue weighted by molar-refractivity contribution is 5.94. The van der Waals surface area contributed by atoms with E-state index in [-0.39, 0.29) is 30.7 Å². The Hall–Kier alpha value is -2.58. The summed E-state index contributed by atoms with van der Waals surface area (Å²) in [6.45, 7) is 1.60. The zero-order valence-electron chi connectivity index (χ0n) is 18.9. The molecule has 2 saturated carbocycles. The van der Waals surface area contributed by atoms with Crippen LogP contribution in [0.15, 0.2) is 16.7 Å². The zero-order chi connectivity index (χ0) is 23.0. The normalized spacial score (nSPS) is 20.4. The molecule has 0 bridgehead atoms. The molecule has 2 aromatic heterocycles. The Morgan fingerprint density at radius 1 is 1.21 bits per heavy atom. The number of hydrogen-bond acceptors (Lipinski definition) is 7. The lowest BCUT2D eigenvalue weighted by molar-refractivity contribution is -0.0265. The van der Waals surface area contributed by atoms with Gasteiger partial charge in [-0.2, -0.15) is 4.98 Å². The molecule has 0 radical (unpaired) electrons. The molecule has 0 amide bonds. The van der Waals surface area contributed by atoms with Crippen molar-refractivity contribution in [3.05, 3.63) is 29.5 Å². The van der Waals surface area contributed by atoms with Crippen LogP contribution in [0.25, 0.3) is 0 Å². The van der Waals surface area contributed by atoms with Gasteiger partial charge >= 0.3 is 0 Å². The van der Waals surface area contributed by atoms with Crippen LogP contribution in [0.4, 0.5) is 14.5 Å². The van der Waals surface area contributed by atoms with E-state index in [0.717, 1.165) is 37.4 Å². The molecule has 0 aromatic carbocycles. The number of nitrogens with zero attached hydrogens (tertiary/aromatic N) is 4. The van der Waals surface area contributed by atoms with Crippen molar-refractivity contribution < 1.29 is 22.8 Å². The van der Waals surface area contributed by atoms with E-state index < -0.39 is 5.92 Å². The molecule has 1 saturated heterocycles. The monoisotopic (exact) mass is 460 g/mol. The lowest BCUT2D eigenvalue weighted by Crippen LogP contribution is -2.56. The van der Waals surface area contributed by atoms with E-state index in [1.807, 2.05) is 0 Å². The first-order valence-corrected chi connectivity index (χ1v) is 12.0. The summed E-state index contributed by atoms with van der Waals surface area (Å²) in [7, 11) is 0. The molecule has 33 heavy (non-hydrogen) atoms. The van der Waals surface area contributed by atoms with Crippen LogP contribution in [0.1, 0.15) is 79.5 Å². The van der Waals surface area contributed by atoms with E-state index in [1.54, 1.807) is 24.0 Å². The maximum atomic E-state index is 13.4. The number of ketones is 1. The Morgan fingerprint density at radius 3 is 2.61 bits per heavy atom. The van der Waals surface area contributed by atoms with Crippen LogP contribution >= 0.6 is 0 Å². The van der Waals surface area contributed by atoms with Crippen molar-refractivity contribution in [2.45, 2.75) is 70.1 Å². The Labute approximate surface area is 191 Å². The van der Waals surface area contributed by atoms with Crippen LogP contribution in [0.5, 0.6) is 5.88 Å². The third-order valence-corrected chi connectivity index (χ3v) is 6.64. The number of carbonyl (C=O) groups excluding carboxylic acids is 1. The molecule has 178 valence electrons. The van der Waals surface area contributed by atoms with Crippen LogP contribution in [-0.2, 0) is 0 Å². The molecule has 1 unspecified atom stereocenters. The van der Waals surface area contributed by atoms with Gasteiger partial charge in [0, 0.05) is 19.3 Å². The number of aromatic nitrogens is 3. The Balaban J connectivity index is 1.21. The average molecular weight is 461 g/mol. The predicted octanol–water partition coefficient (Wildman–Crippen LogP) is 4.95. The van der Waals surface area contributed by atoms with E-state index in [4.69, 9.17) is 9.26 Å². The summed E-state index contributed by atoms with van der Waals surface area (Å²) in [6, 6.07) is 3.32. The van der Waals surface area contributed by atoms with Crippen molar-refractivity contribution in [2.24, 2.45) is 11.8 Å². The van der Waals surface area contributed by atoms with Crippen molar-refractivity contribution in [2.75, 3.05) is 24.6 Å². The van der Waals surface area contributed by atoms with Crippen LogP contribution in [0, 0.1) is 18.8 Å². The van der Waals surface area contributed by atoms with Crippen LogP contribution < -0.4 is 9.64 Å². The van der Waals surface area contributed by atoms with Gasteiger partial charge in [-0.05, 0) is 56.1 Å². The summed E-state index contributed by atoms with van der Waals surface area (Å²) in [6.07, 6.45) is 7.60. The molecule has 3 heterocycles. The second-order valence-electron chi connectivity index (χ2n) is 9.85. The van der Waals surface area contributed by atoms with E-state index in [0.29, 0.717) is 42.6 Å². The number of ether oxygens (including phenoxy) is 1. The van der Waals surface area contributed by atoms with Gasteiger partial charge in [0.05, 0.1) is 19.7 Å². The molecule has 7 nitrogen and oxygen atoms in total. The SMILES string of the molecule is Cc1nc(C(CCCC(=O)c2ccc(N3CC(F)(F)C3)c(OCC3CC3)n2)CC2CC2)no1. The van der Waals surface area contributed by atoms with E-state index in [2.05, 4.69) is 15.1 Å². The number of anilines is 1. The summed E-state index contributed by atoms with van der Waals surface area (Å²) in [5, 5.41) is 4.10. The first-order valence-electron chi connectivity index (χ1n) is 12.0. The molecule has 9 heteroatoms. The van der Waals surface area contributed by atoms with Crippen molar-refractivity contribution in [1.29, 1.82) is 0 Å². The van der Waals surface area contributed by atoms with Crippen molar-refractivity contribution in [3.8, 4) is 5.88 Å². The summed E-state index contributed by atoms with van der Waals surface area (Å²) < 4.78 is 37.8. The van der Waals surface area contributed by atoms with Gasteiger partial charge in [-0.3, -0.25) is 4.79 Å². The van der Waals surface area contributed by atoms with Gasteiger partial charge in [0.15, 0.2) is 11.6 Å². The predicted molar refractivity (Wildman–Crippen MR) is 117 cm³/mol. The highest BCUT2D eigenvalue weighted by Crippen LogP contribution is 2.40. The number of carbonyl (C=O) groups is 1. The van der Waals surface area contributed by atoms with Crippen LogP contribution in [0.2, 0.25) is 0 Å². The van der Waals surface area contributed by atoms with E-state index in [9.17, 15) is 13.6 Å². The quantitative estimate of drug-likeness (QED) is 0.414. The van der Waals surface area contributed by atoms with Gasteiger partial charge in [-0.1, -0.05) is 18.0 Å². The number of halogens is 2. The maximum Gasteiger partial charge on any atom is 0.282 e. The van der Waals surface area contributed by atoms with Gasteiger partial charge in [0.2, 0.25) is 11.8 Å². The Morgan fingerprint density at radius 2 is 1.97 bits per heavy atom. The number of hydrogen-bond donors (Lipinski definition) is 0. The minimum atomic E-state index is -2.68. The number of Topliss-reactive ketones (excluding diaryl/α,β-unsaturated/α-hetero) is 1. The second-order valence-corrected chi connectivity index (χ2v) is 9.85. The molecule has 3 aliphatic rings. The molecule has 3 fully saturated rings. The third-order valence-electron chi connectivity index (χ3n) is 6.64. The number of alkyl halides is 2. The molecule has 1 atom stereocenters. The third kappa shape index (κ3) is 5.68. The van der Waals surface area contributed by atoms with Gasteiger partial charge in [0.1, 0.15) is 11.4 Å². The first-order chi connectivity index (χ1) is 15.9. The molecule has 2 aromatic rings. The van der Waals surface area contributed by atoms with Gasteiger partial charge in [0.25, 0.3) is 5.92 Å². The van der Waals surface area contributed by atoms with Gasteiger partial charge in [-0.15, -0.1) is 0 Å². The van der Waals surface area contributed by atoms with E-state index >= 15 is 0 Å². The Kier molecular flexibility index (Phi) is 6.05. The minimum Gasteiger partial charge on any atom is -0.476 e. The zero-order valence-corrected chi connectivity index (χ0v) is 18.9. The summed E-state index contributed by atoms with van der Waals surface area (Å²) in [5.41, 5.74) is 0.862. The largest absolute Gasteiger partial charge is 0.476 e. The highest BCUT2D eigenvalue weighted by Gasteiger charge is 2.45. The average Bonchev–Trinajstić information content (AvgIpc) is 3.70. The fourth-order valence-electron chi connectivity index (χ4n) is 4.33. The first kappa shape index (κ1) is 22.2. The summed E-state index contributed by atoms with van der Waals surface area (Å²) in [4.78, 5) is 23.3. The van der Waals surface area contributed by atoms with E-state index in [1.165, 1.54) is 12.8 Å².